The van der Waals surface area contributed by atoms with E-state index in [4.69, 9.17) is 5.73 Å². The fourth-order valence-electron chi connectivity index (χ4n) is 2.80. The van der Waals surface area contributed by atoms with E-state index < -0.39 is 11.9 Å². The summed E-state index contributed by atoms with van der Waals surface area (Å²) >= 11 is 0. The Kier molecular flexibility index (Phi) is 5.66. The van der Waals surface area contributed by atoms with Crippen molar-refractivity contribution in [3.05, 3.63) is 71.4 Å². The summed E-state index contributed by atoms with van der Waals surface area (Å²) in [7, 11) is 1.30. The average Bonchev–Trinajstić information content (AvgIpc) is 3.45. The van der Waals surface area contributed by atoms with Gasteiger partial charge >= 0.3 is 5.97 Å². The van der Waals surface area contributed by atoms with Crippen LogP contribution in [0.15, 0.2) is 64.3 Å². The summed E-state index contributed by atoms with van der Waals surface area (Å²) in [5.41, 5.74) is 10.2. The second kappa shape index (κ2) is 8.87. The second-order valence-corrected chi connectivity index (χ2v) is 6.35. The third-order valence-electron chi connectivity index (χ3n) is 4.34. The molecule has 2 heterocycles. The Morgan fingerprint density at radius 1 is 1.12 bits per heavy atom. The molecule has 0 aliphatic carbocycles. The van der Waals surface area contributed by atoms with Crippen molar-refractivity contribution in [2.24, 2.45) is 5.10 Å². The van der Waals surface area contributed by atoms with Crippen LogP contribution in [0.2, 0.25) is 0 Å². The van der Waals surface area contributed by atoms with Gasteiger partial charge in [0.25, 0.3) is 5.91 Å². The van der Waals surface area contributed by atoms with Gasteiger partial charge in [-0.25, -0.2) is 14.8 Å². The van der Waals surface area contributed by atoms with Crippen LogP contribution in [0.5, 0.6) is 0 Å². The summed E-state index contributed by atoms with van der Waals surface area (Å²) in [6, 6.07) is 15.5. The Morgan fingerprint density at radius 3 is 2.53 bits per heavy atom. The van der Waals surface area contributed by atoms with Gasteiger partial charge in [-0.3, -0.25) is 4.79 Å². The van der Waals surface area contributed by atoms with Crippen LogP contribution in [0.1, 0.15) is 26.4 Å². The molecule has 160 valence electrons. The average molecular weight is 432 g/mol. The molecular weight excluding hydrogens is 416 g/mol. The number of hydrazone groups is 1. The predicted molar refractivity (Wildman–Crippen MR) is 112 cm³/mol. The van der Waals surface area contributed by atoms with Crippen molar-refractivity contribution >= 4 is 23.9 Å². The number of hydrogen-bond donors (Lipinski definition) is 2. The number of nitrogen functional groups attached to an aromatic ring is 1. The topological polar surface area (TPSA) is 163 Å². The fourth-order valence-corrected chi connectivity index (χ4v) is 2.80. The molecule has 0 radical (unpaired) electrons. The maximum atomic E-state index is 13.0. The van der Waals surface area contributed by atoms with Gasteiger partial charge in [0.05, 0.1) is 18.9 Å². The molecule has 0 spiro atoms. The second-order valence-electron chi connectivity index (χ2n) is 6.35. The monoisotopic (exact) mass is 432 g/mol. The number of ether oxygens (including phenoxy) is 1. The van der Waals surface area contributed by atoms with Crippen molar-refractivity contribution in [1.29, 1.82) is 0 Å². The first-order chi connectivity index (χ1) is 15.6. The van der Waals surface area contributed by atoms with Crippen LogP contribution in [0.3, 0.4) is 0 Å². The number of nitrogens with zero attached hydrogens (tertiary/aromatic N) is 6. The lowest BCUT2D eigenvalue weighted by atomic mass is 10.1. The zero-order valence-corrected chi connectivity index (χ0v) is 16.7. The number of carbonyl (C=O) groups excluding carboxylic acids is 2. The minimum atomic E-state index is -0.612. The van der Waals surface area contributed by atoms with Gasteiger partial charge in [-0.2, -0.15) is 9.78 Å². The van der Waals surface area contributed by atoms with Crippen LogP contribution in [-0.4, -0.2) is 50.5 Å². The summed E-state index contributed by atoms with van der Waals surface area (Å²) in [5.74, 6) is -1.10. The van der Waals surface area contributed by atoms with E-state index in [1.165, 1.54) is 13.3 Å². The van der Waals surface area contributed by atoms with E-state index in [1.54, 1.807) is 48.5 Å². The molecule has 12 heteroatoms. The van der Waals surface area contributed by atoms with E-state index in [9.17, 15) is 9.59 Å². The van der Waals surface area contributed by atoms with E-state index in [0.717, 1.165) is 4.68 Å². The van der Waals surface area contributed by atoms with E-state index in [-0.39, 0.29) is 17.3 Å². The highest BCUT2D eigenvalue weighted by molar-refractivity contribution is 5.99. The van der Waals surface area contributed by atoms with Crippen LogP contribution in [0.25, 0.3) is 17.1 Å². The standard InChI is InChI=1S/C20H16N8O4/c1-31-20(30)14-9-7-12(8-10-14)11-22-24-19(29)16-15(13-5-3-2-4-6-13)23-27-28(16)18-17(21)25-32-26-18/h2-11H,1H3,(H2,21,25)(H,24,29)/b22-11+. The maximum Gasteiger partial charge on any atom is 0.337 e. The minimum Gasteiger partial charge on any atom is -0.465 e. The molecular formula is C20H16N8O4. The van der Waals surface area contributed by atoms with Gasteiger partial charge in [-0.1, -0.05) is 47.7 Å². The lowest BCUT2D eigenvalue weighted by Crippen LogP contribution is -2.22. The first kappa shape index (κ1) is 20.4. The summed E-state index contributed by atoms with van der Waals surface area (Å²) in [4.78, 5) is 24.5. The predicted octanol–water partition coefficient (Wildman–Crippen LogP) is 1.45. The largest absolute Gasteiger partial charge is 0.465 e. The highest BCUT2D eigenvalue weighted by Crippen LogP contribution is 2.24. The number of rotatable bonds is 6. The smallest absolute Gasteiger partial charge is 0.337 e. The SMILES string of the molecule is COC(=O)c1ccc(/C=N/NC(=O)c2c(-c3ccccc3)nnn2-c2nonc2N)cc1. The summed E-state index contributed by atoms with van der Waals surface area (Å²) in [6.45, 7) is 0. The molecule has 0 bridgehead atoms. The van der Waals surface area contributed by atoms with E-state index >= 15 is 0 Å². The molecule has 0 aliphatic rings. The summed E-state index contributed by atoms with van der Waals surface area (Å²) < 4.78 is 10.4. The van der Waals surface area contributed by atoms with Crippen LogP contribution in [0.4, 0.5) is 5.82 Å². The number of amides is 1. The quantitative estimate of drug-likeness (QED) is 0.261. The molecule has 0 unspecified atom stereocenters. The molecule has 0 saturated carbocycles. The van der Waals surface area contributed by atoms with Gasteiger partial charge in [0, 0.05) is 5.56 Å². The number of esters is 1. The van der Waals surface area contributed by atoms with Crippen molar-refractivity contribution in [1.82, 2.24) is 30.7 Å². The molecule has 2 aromatic heterocycles. The van der Waals surface area contributed by atoms with Crippen LogP contribution < -0.4 is 11.2 Å². The molecule has 2 aromatic carbocycles. The highest BCUT2D eigenvalue weighted by Gasteiger charge is 2.25. The van der Waals surface area contributed by atoms with Gasteiger partial charge in [0.15, 0.2) is 5.69 Å². The third kappa shape index (κ3) is 4.05. The fraction of sp³-hybridized carbons (Fsp3) is 0.0500. The molecule has 32 heavy (non-hydrogen) atoms. The molecule has 4 rings (SSSR count). The number of benzene rings is 2. The number of methoxy groups -OCH3 is 1. The molecule has 0 aliphatic heterocycles. The Labute approximate surface area is 180 Å². The van der Waals surface area contributed by atoms with Crippen LogP contribution in [-0.2, 0) is 4.74 Å². The Bertz CT molecular complexity index is 1280. The Morgan fingerprint density at radius 2 is 1.88 bits per heavy atom. The number of carbonyl (C=O) groups is 2. The minimum absolute atomic E-state index is 0.0206. The van der Waals surface area contributed by atoms with Crippen molar-refractivity contribution in [3.8, 4) is 17.1 Å². The zero-order chi connectivity index (χ0) is 22.5. The van der Waals surface area contributed by atoms with E-state index in [0.29, 0.717) is 22.4 Å². The van der Waals surface area contributed by atoms with Crippen molar-refractivity contribution in [3.63, 3.8) is 0 Å². The third-order valence-corrected chi connectivity index (χ3v) is 4.34. The van der Waals surface area contributed by atoms with E-state index in [2.05, 4.69) is 40.5 Å². The van der Waals surface area contributed by atoms with Gasteiger partial charge in [-0.15, -0.1) is 5.10 Å². The summed E-state index contributed by atoms with van der Waals surface area (Å²) in [5, 5.41) is 19.3. The Hall–Kier alpha value is -4.87. The number of nitrogens with two attached hydrogens (primary N) is 1. The summed E-state index contributed by atoms with van der Waals surface area (Å²) in [6.07, 6.45) is 1.42. The molecule has 1 amide bonds. The van der Waals surface area contributed by atoms with Crippen LogP contribution in [0, 0.1) is 0 Å². The van der Waals surface area contributed by atoms with Crippen molar-refractivity contribution in [2.75, 3.05) is 12.8 Å². The van der Waals surface area contributed by atoms with Gasteiger partial charge in [-0.05, 0) is 28.0 Å². The number of aromatic nitrogens is 5. The number of hydrogen-bond acceptors (Lipinski definition) is 10. The normalized spacial score (nSPS) is 10.9. The maximum absolute atomic E-state index is 13.0. The lowest BCUT2D eigenvalue weighted by molar-refractivity contribution is 0.0600. The number of anilines is 1. The number of nitrogens with one attached hydrogen (secondary N) is 1. The molecule has 4 aromatic rings. The van der Waals surface area contributed by atoms with Crippen molar-refractivity contribution in [2.45, 2.75) is 0 Å². The Balaban J connectivity index is 1.61. The highest BCUT2D eigenvalue weighted by atomic mass is 16.6. The molecule has 3 N–H and O–H groups in total. The molecule has 12 nitrogen and oxygen atoms in total. The molecule has 0 atom stereocenters. The van der Waals surface area contributed by atoms with Gasteiger partial charge in [0.1, 0.15) is 5.69 Å². The zero-order valence-electron chi connectivity index (χ0n) is 16.7. The first-order valence-corrected chi connectivity index (χ1v) is 9.20. The molecule has 0 saturated heterocycles. The van der Waals surface area contributed by atoms with Crippen molar-refractivity contribution < 1.29 is 19.0 Å². The van der Waals surface area contributed by atoms with E-state index in [1.807, 2.05) is 6.07 Å². The molecule has 0 fully saturated rings. The van der Waals surface area contributed by atoms with Gasteiger partial charge in [0.2, 0.25) is 11.6 Å². The lowest BCUT2D eigenvalue weighted by Gasteiger charge is -2.05. The first-order valence-electron chi connectivity index (χ1n) is 9.20. The van der Waals surface area contributed by atoms with Gasteiger partial charge < -0.3 is 10.5 Å². The van der Waals surface area contributed by atoms with Crippen LogP contribution >= 0.6 is 0 Å².